The van der Waals surface area contributed by atoms with Crippen LogP contribution < -0.4 is 5.32 Å². The van der Waals surface area contributed by atoms with Gasteiger partial charge in [0.15, 0.2) is 0 Å². The smallest absolute Gasteiger partial charge is 0.129 e. The second-order valence-electron chi connectivity index (χ2n) is 6.52. The largest absolute Gasteiger partial charge is 0.508 e. The van der Waals surface area contributed by atoms with Crippen molar-refractivity contribution in [2.24, 2.45) is 0 Å². The fourth-order valence-corrected chi connectivity index (χ4v) is 2.18. The van der Waals surface area contributed by atoms with E-state index in [1.807, 2.05) is 55.4 Å². The third-order valence-electron chi connectivity index (χ3n) is 4.15. The van der Waals surface area contributed by atoms with E-state index in [1.165, 1.54) is 19.1 Å². The number of nitrogens with one attached hydrogen (secondary N) is 1. The molecule has 2 N–H and O–H groups in total. The van der Waals surface area contributed by atoms with Gasteiger partial charge in [0.2, 0.25) is 0 Å². The zero-order valence-electron chi connectivity index (χ0n) is 21.3. The van der Waals surface area contributed by atoms with E-state index in [0.717, 1.165) is 22.3 Å². The molecule has 0 bridgehead atoms. The van der Waals surface area contributed by atoms with Gasteiger partial charge in [0.1, 0.15) is 17.4 Å². The summed E-state index contributed by atoms with van der Waals surface area (Å²) in [5.41, 5.74) is 5.30. The molecule has 0 radical (unpaired) electrons. The van der Waals surface area contributed by atoms with Crippen molar-refractivity contribution in [3.8, 4) is 18.6 Å². The third kappa shape index (κ3) is 12.6. The molecule has 0 fully saturated rings. The molecule has 2 rings (SSSR count). The first-order valence-corrected chi connectivity index (χ1v) is 10.7. The Bertz CT molecular complexity index is 821. The van der Waals surface area contributed by atoms with E-state index in [2.05, 4.69) is 37.4 Å². The fourth-order valence-electron chi connectivity index (χ4n) is 2.18. The van der Waals surface area contributed by atoms with Crippen LogP contribution in [0.2, 0.25) is 0 Å². The summed E-state index contributed by atoms with van der Waals surface area (Å²) in [5.74, 6) is -0.659. The van der Waals surface area contributed by atoms with Crippen molar-refractivity contribution in [1.82, 2.24) is 5.32 Å². The number of hydrogen-bond acceptors (Lipinski definition) is 2. The van der Waals surface area contributed by atoms with Gasteiger partial charge in [-0.3, -0.25) is 0 Å². The lowest BCUT2D eigenvalue weighted by atomic mass is 10.1. The minimum Gasteiger partial charge on any atom is -0.508 e. The average molecular weight is 446 g/mol. The van der Waals surface area contributed by atoms with Crippen LogP contribution >= 0.6 is 0 Å². The van der Waals surface area contributed by atoms with E-state index in [1.54, 1.807) is 6.07 Å². The first kappa shape index (κ1) is 33.6. The first-order chi connectivity index (χ1) is 15.0. The maximum atomic E-state index is 13.2. The maximum absolute atomic E-state index is 13.2. The number of halogens is 2. The van der Waals surface area contributed by atoms with Crippen molar-refractivity contribution < 1.29 is 13.9 Å². The zero-order valence-corrected chi connectivity index (χ0v) is 21.3. The van der Waals surface area contributed by atoms with Crippen molar-refractivity contribution in [3.63, 3.8) is 0 Å². The van der Waals surface area contributed by atoms with Crippen molar-refractivity contribution in [2.75, 3.05) is 0 Å². The van der Waals surface area contributed by atoms with Crippen LogP contribution in [-0.4, -0.2) is 5.11 Å². The molecule has 0 saturated heterocycles. The molecule has 4 heteroatoms. The highest BCUT2D eigenvalue weighted by Gasteiger charge is 2.06. The van der Waals surface area contributed by atoms with Gasteiger partial charge in [0.05, 0.1) is 0 Å². The van der Waals surface area contributed by atoms with Gasteiger partial charge in [0, 0.05) is 17.8 Å². The molecular weight excluding hydrogens is 404 g/mol. The van der Waals surface area contributed by atoms with Crippen molar-refractivity contribution in [2.45, 2.75) is 68.9 Å². The summed E-state index contributed by atoms with van der Waals surface area (Å²) in [6, 6.07) is 6.48. The van der Waals surface area contributed by atoms with E-state index in [4.69, 9.17) is 0 Å². The molecule has 0 heterocycles. The normalized spacial score (nSPS) is 8.53. The van der Waals surface area contributed by atoms with Gasteiger partial charge in [-0.2, -0.15) is 0 Å². The van der Waals surface area contributed by atoms with Crippen LogP contribution in [-0.2, 0) is 6.54 Å². The molecular formula is C28H41F2NO. The Morgan fingerprint density at radius 1 is 0.875 bits per heavy atom. The van der Waals surface area contributed by atoms with E-state index >= 15 is 0 Å². The van der Waals surface area contributed by atoms with E-state index in [9.17, 15) is 13.9 Å². The molecule has 0 aliphatic heterocycles. The Kier molecular flexibility index (Phi) is 19.6. The molecule has 32 heavy (non-hydrogen) atoms. The lowest BCUT2D eigenvalue weighted by molar-refractivity contribution is 0.470. The summed E-state index contributed by atoms with van der Waals surface area (Å²) in [7, 11) is 0. The molecule has 2 aromatic carbocycles. The third-order valence-corrected chi connectivity index (χ3v) is 4.15. The summed E-state index contributed by atoms with van der Waals surface area (Å²) in [6.07, 6.45) is 8.00. The van der Waals surface area contributed by atoms with E-state index in [-0.39, 0.29) is 5.56 Å². The Labute approximate surface area is 195 Å². The Morgan fingerprint density at radius 2 is 1.31 bits per heavy atom. The monoisotopic (exact) mass is 445 g/mol. The van der Waals surface area contributed by atoms with E-state index < -0.39 is 11.6 Å². The standard InChI is InChI=1S/C13H15F2N.C9H12O.2C2H6.C2H2/c1-8(2)10(4)16-7-11-5-12(14)9(3)13(15)6-11;1-6-4-7(2)8(3)9(10)5-6;3*1-2/h5-6,16H,1,4,7H2,2-3H3;4-5,10H,1-3H3;2*1-2H3;1-2H. The molecule has 0 amide bonds. The predicted octanol–water partition coefficient (Wildman–Crippen LogP) is 8.07. The highest BCUT2D eigenvalue weighted by Crippen LogP contribution is 2.21. The highest BCUT2D eigenvalue weighted by atomic mass is 19.1. The summed E-state index contributed by atoms with van der Waals surface area (Å²) < 4.78 is 26.4. The second-order valence-corrected chi connectivity index (χ2v) is 6.52. The summed E-state index contributed by atoms with van der Waals surface area (Å²) in [6.45, 7) is 24.9. The van der Waals surface area contributed by atoms with Gasteiger partial charge in [0.25, 0.3) is 0 Å². The van der Waals surface area contributed by atoms with Crippen molar-refractivity contribution >= 4 is 0 Å². The van der Waals surface area contributed by atoms with Crippen molar-refractivity contribution in [3.05, 3.63) is 88.1 Å². The molecule has 0 saturated carbocycles. The minimum absolute atomic E-state index is 0.0440. The number of aromatic hydroxyl groups is 1. The van der Waals surface area contributed by atoms with Crippen LogP contribution in [0.1, 0.15) is 62.4 Å². The van der Waals surface area contributed by atoms with Gasteiger partial charge in [-0.1, -0.05) is 46.9 Å². The van der Waals surface area contributed by atoms with Crippen molar-refractivity contribution in [1.29, 1.82) is 0 Å². The molecule has 2 nitrogen and oxygen atoms in total. The zero-order chi connectivity index (χ0) is 26.0. The molecule has 178 valence electrons. The quantitative estimate of drug-likeness (QED) is 0.368. The molecule has 0 aromatic heterocycles. The number of benzene rings is 2. The number of hydrogen-bond donors (Lipinski definition) is 2. The maximum Gasteiger partial charge on any atom is 0.129 e. The molecule has 0 spiro atoms. The minimum atomic E-state index is -0.530. The van der Waals surface area contributed by atoms with E-state index in [0.29, 0.717) is 23.6 Å². The Balaban J connectivity index is -0.000000451. The molecule has 0 aliphatic rings. The molecule has 0 aliphatic carbocycles. The second kappa shape index (κ2) is 18.7. The van der Waals surface area contributed by atoms with Gasteiger partial charge in [-0.15, -0.1) is 12.8 Å². The Hall–Kier alpha value is -3.06. The summed E-state index contributed by atoms with van der Waals surface area (Å²) in [5, 5.41) is 12.2. The lowest BCUT2D eigenvalue weighted by Crippen LogP contribution is -2.13. The number of aryl methyl sites for hydroxylation is 2. The number of terminal acetylenes is 1. The van der Waals surface area contributed by atoms with Crippen LogP contribution in [0.3, 0.4) is 0 Å². The van der Waals surface area contributed by atoms with Crippen LogP contribution in [0.5, 0.6) is 5.75 Å². The number of rotatable bonds is 4. The van der Waals surface area contributed by atoms with Gasteiger partial charge in [-0.25, -0.2) is 8.78 Å². The molecule has 0 atom stereocenters. The molecule has 0 unspecified atom stereocenters. The highest BCUT2D eigenvalue weighted by molar-refractivity contribution is 5.40. The topological polar surface area (TPSA) is 32.3 Å². The average Bonchev–Trinajstić information content (AvgIpc) is 2.78. The van der Waals surface area contributed by atoms with Crippen LogP contribution in [0.25, 0.3) is 0 Å². The van der Waals surface area contributed by atoms with Crippen LogP contribution in [0, 0.1) is 52.2 Å². The van der Waals surface area contributed by atoms with Gasteiger partial charge >= 0.3 is 0 Å². The molecule has 2 aromatic rings. The van der Waals surface area contributed by atoms with Gasteiger partial charge < -0.3 is 10.4 Å². The summed E-state index contributed by atoms with van der Waals surface area (Å²) in [4.78, 5) is 0. The predicted molar refractivity (Wildman–Crippen MR) is 137 cm³/mol. The SMILES string of the molecule is C#C.C=C(C)C(=C)NCc1cc(F)c(C)c(F)c1.CC.CC.Cc1cc(C)c(C)c(O)c1. The first-order valence-electron chi connectivity index (χ1n) is 10.7. The Morgan fingerprint density at radius 3 is 1.69 bits per heavy atom. The van der Waals surface area contributed by atoms with Crippen LogP contribution in [0.15, 0.2) is 48.7 Å². The lowest BCUT2D eigenvalue weighted by Gasteiger charge is -2.10. The van der Waals surface area contributed by atoms with Crippen LogP contribution in [0.4, 0.5) is 8.78 Å². The fraction of sp³-hybridized carbons (Fsp3) is 0.357. The summed E-state index contributed by atoms with van der Waals surface area (Å²) >= 11 is 0. The number of phenolic OH excluding ortho intramolecular Hbond substituents is 1. The number of allylic oxidation sites excluding steroid dienone is 1. The number of phenols is 1. The van der Waals surface area contributed by atoms with Gasteiger partial charge in [-0.05, 0) is 80.6 Å².